The van der Waals surface area contributed by atoms with E-state index in [1.807, 2.05) is 30.5 Å². The minimum absolute atomic E-state index is 0.242. The first-order chi connectivity index (χ1) is 10.5. The lowest BCUT2D eigenvalue weighted by Crippen LogP contribution is -2.05. The number of aromatic carboxylic acids is 1. The Morgan fingerprint density at radius 3 is 2.68 bits per heavy atom. The van der Waals surface area contributed by atoms with Crippen molar-refractivity contribution in [1.29, 1.82) is 0 Å². The van der Waals surface area contributed by atoms with Gasteiger partial charge in [-0.25, -0.2) is 4.79 Å². The van der Waals surface area contributed by atoms with Crippen LogP contribution in [0.3, 0.4) is 0 Å². The fourth-order valence-electron chi connectivity index (χ4n) is 2.40. The second-order valence-corrected chi connectivity index (χ2v) is 5.23. The van der Waals surface area contributed by atoms with Gasteiger partial charge < -0.3 is 9.67 Å². The van der Waals surface area contributed by atoms with Crippen molar-refractivity contribution < 1.29 is 9.90 Å². The molecule has 0 fully saturated rings. The maximum atomic E-state index is 11.4. The maximum absolute atomic E-state index is 11.4. The Morgan fingerprint density at radius 1 is 1.45 bits per heavy atom. The topological polar surface area (TPSA) is 55.1 Å². The van der Waals surface area contributed by atoms with E-state index >= 15 is 0 Å². The third-order valence-corrected chi connectivity index (χ3v) is 3.62. The number of aromatic nitrogens is 2. The molecule has 22 heavy (non-hydrogen) atoms. The standard InChI is InChI=1S/C18H20N2O2/c1-5-13(4)17-15(6-2)16(18(21)22)11-20(17)10-14-8-7-12(3)9-19-14/h6-9,11H,2,4-5,10H2,1,3H3,(H,21,22). The fraction of sp³-hybridized carbons (Fsp3) is 0.222. The van der Waals surface area contributed by atoms with Crippen molar-refractivity contribution in [2.45, 2.75) is 26.8 Å². The highest BCUT2D eigenvalue weighted by molar-refractivity contribution is 5.94. The smallest absolute Gasteiger partial charge is 0.337 e. The molecule has 0 radical (unpaired) electrons. The molecule has 4 heteroatoms. The predicted octanol–water partition coefficient (Wildman–Crippen LogP) is 4.00. The van der Waals surface area contributed by atoms with Crippen LogP contribution in [0.4, 0.5) is 0 Å². The second kappa shape index (κ2) is 6.43. The molecule has 2 aromatic rings. The van der Waals surface area contributed by atoms with E-state index in [1.165, 1.54) is 0 Å². The van der Waals surface area contributed by atoms with Gasteiger partial charge in [-0.2, -0.15) is 0 Å². The van der Waals surface area contributed by atoms with Gasteiger partial charge in [0.15, 0.2) is 0 Å². The number of rotatable bonds is 6. The lowest BCUT2D eigenvalue weighted by Gasteiger charge is -2.11. The third kappa shape index (κ3) is 3.01. The Bertz CT molecular complexity index is 724. The molecule has 2 rings (SSSR count). The third-order valence-electron chi connectivity index (χ3n) is 3.62. The van der Waals surface area contributed by atoms with Crippen LogP contribution in [0.5, 0.6) is 0 Å². The second-order valence-electron chi connectivity index (χ2n) is 5.23. The Labute approximate surface area is 130 Å². The minimum Gasteiger partial charge on any atom is -0.478 e. The van der Waals surface area contributed by atoms with Gasteiger partial charge in [0.1, 0.15) is 0 Å². The summed E-state index contributed by atoms with van der Waals surface area (Å²) >= 11 is 0. The Kier molecular flexibility index (Phi) is 4.61. The molecule has 114 valence electrons. The van der Waals surface area contributed by atoms with Crippen LogP contribution in [0, 0.1) is 6.92 Å². The predicted molar refractivity (Wildman–Crippen MR) is 88.9 cm³/mol. The zero-order valence-corrected chi connectivity index (χ0v) is 13.0. The summed E-state index contributed by atoms with van der Waals surface area (Å²) in [6.45, 7) is 12.3. The summed E-state index contributed by atoms with van der Waals surface area (Å²) in [6.07, 6.45) is 5.76. The lowest BCUT2D eigenvalue weighted by molar-refractivity contribution is 0.0696. The molecule has 0 aliphatic carbocycles. The molecule has 2 aromatic heterocycles. The average Bonchev–Trinajstić information content (AvgIpc) is 2.87. The first kappa shape index (κ1) is 15.8. The zero-order valence-electron chi connectivity index (χ0n) is 13.0. The minimum atomic E-state index is -0.962. The van der Waals surface area contributed by atoms with Crippen molar-refractivity contribution in [3.63, 3.8) is 0 Å². The normalized spacial score (nSPS) is 10.5. The van der Waals surface area contributed by atoms with Gasteiger partial charge >= 0.3 is 5.97 Å². The number of hydrogen-bond acceptors (Lipinski definition) is 2. The number of carbonyl (C=O) groups is 1. The fourth-order valence-corrected chi connectivity index (χ4v) is 2.40. The van der Waals surface area contributed by atoms with Gasteiger partial charge in [-0.15, -0.1) is 0 Å². The van der Waals surface area contributed by atoms with Gasteiger partial charge in [0.05, 0.1) is 23.5 Å². The maximum Gasteiger partial charge on any atom is 0.337 e. The van der Waals surface area contributed by atoms with Crippen LogP contribution in [0.25, 0.3) is 11.6 Å². The molecular formula is C18H20N2O2. The summed E-state index contributed by atoms with van der Waals surface area (Å²) in [4.78, 5) is 15.8. The molecule has 0 amide bonds. The van der Waals surface area contributed by atoms with Crippen LogP contribution >= 0.6 is 0 Å². The van der Waals surface area contributed by atoms with Crippen molar-refractivity contribution in [1.82, 2.24) is 9.55 Å². The number of nitrogens with zero attached hydrogens (tertiary/aromatic N) is 2. The van der Waals surface area contributed by atoms with Crippen molar-refractivity contribution in [3.8, 4) is 0 Å². The number of pyridine rings is 1. The van der Waals surface area contributed by atoms with E-state index in [0.29, 0.717) is 12.1 Å². The summed E-state index contributed by atoms with van der Waals surface area (Å²) < 4.78 is 1.89. The molecule has 0 aliphatic rings. The van der Waals surface area contributed by atoms with E-state index < -0.39 is 5.97 Å². The summed E-state index contributed by atoms with van der Waals surface area (Å²) in [5.74, 6) is -0.962. The molecule has 0 saturated heterocycles. The lowest BCUT2D eigenvalue weighted by atomic mass is 10.0. The summed E-state index contributed by atoms with van der Waals surface area (Å²) in [5.41, 5.74) is 4.52. The summed E-state index contributed by atoms with van der Waals surface area (Å²) in [7, 11) is 0. The van der Waals surface area contributed by atoms with E-state index in [4.69, 9.17) is 0 Å². The van der Waals surface area contributed by atoms with Crippen molar-refractivity contribution in [3.05, 3.63) is 65.8 Å². The molecule has 0 aliphatic heterocycles. The summed E-state index contributed by atoms with van der Waals surface area (Å²) in [5, 5.41) is 9.39. The van der Waals surface area contributed by atoms with Crippen LogP contribution in [0.15, 0.2) is 37.7 Å². The molecule has 4 nitrogen and oxygen atoms in total. The number of hydrogen-bond donors (Lipinski definition) is 1. The van der Waals surface area contributed by atoms with Crippen LogP contribution in [-0.2, 0) is 6.54 Å². The average molecular weight is 296 g/mol. The van der Waals surface area contributed by atoms with Gasteiger partial charge in [0.25, 0.3) is 0 Å². The van der Waals surface area contributed by atoms with E-state index in [-0.39, 0.29) is 5.56 Å². The number of aryl methyl sites for hydroxylation is 1. The van der Waals surface area contributed by atoms with E-state index in [1.54, 1.807) is 18.5 Å². The van der Waals surface area contributed by atoms with Crippen LogP contribution < -0.4 is 0 Å². The van der Waals surface area contributed by atoms with E-state index in [0.717, 1.165) is 28.9 Å². The number of carboxylic acids is 1. The largest absolute Gasteiger partial charge is 0.478 e. The molecule has 2 heterocycles. The molecule has 0 bridgehead atoms. The van der Waals surface area contributed by atoms with Gasteiger partial charge in [-0.3, -0.25) is 4.98 Å². The quantitative estimate of drug-likeness (QED) is 0.876. The molecular weight excluding hydrogens is 276 g/mol. The number of carboxylic acid groups (broad SMARTS) is 1. The Hall–Kier alpha value is -2.62. The molecule has 0 unspecified atom stereocenters. The molecule has 1 N–H and O–H groups in total. The van der Waals surface area contributed by atoms with Gasteiger partial charge in [0.2, 0.25) is 0 Å². The van der Waals surface area contributed by atoms with Crippen LogP contribution in [-0.4, -0.2) is 20.6 Å². The van der Waals surface area contributed by atoms with Crippen molar-refractivity contribution in [2.24, 2.45) is 0 Å². The first-order valence-corrected chi connectivity index (χ1v) is 7.16. The first-order valence-electron chi connectivity index (χ1n) is 7.16. The molecule has 0 spiro atoms. The van der Waals surface area contributed by atoms with Crippen molar-refractivity contribution in [2.75, 3.05) is 0 Å². The Balaban J connectivity index is 2.53. The van der Waals surface area contributed by atoms with Crippen molar-refractivity contribution >= 4 is 17.6 Å². The Morgan fingerprint density at radius 2 is 2.18 bits per heavy atom. The SMILES string of the molecule is C=Cc1c(C(=O)O)cn(Cc2ccc(C)cn2)c1C(=C)CC. The molecule has 0 atom stereocenters. The highest BCUT2D eigenvalue weighted by atomic mass is 16.4. The summed E-state index contributed by atoms with van der Waals surface area (Å²) in [6, 6.07) is 3.94. The van der Waals surface area contributed by atoms with Gasteiger partial charge in [0, 0.05) is 18.0 Å². The zero-order chi connectivity index (χ0) is 16.3. The highest BCUT2D eigenvalue weighted by Gasteiger charge is 2.19. The highest BCUT2D eigenvalue weighted by Crippen LogP contribution is 2.27. The van der Waals surface area contributed by atoms with E-state index in [9.17, 15) is 9.90 Å². The van der Waals surface area contributed by atoms with Gasteiger partial charge in [-0.1, -0.05) is 32.2 Å². The molecule has 0 aromatic carbocycles. The van der Waals surface area contributed by atoms with Gasteiger partial charge in [-0.05, 0) is 30.5 Å². The monoisotopic (exact) mass is 296 g/mol. The van der Waals surface area contributed by atoms with Crippen LogP contribution in [0.2, 0.25) is 0 Å². The van der Waals surface area contributed by atoms with E-state index in [2.05, 4.69) is 18.1 Å². The van der Waals surface area contributed by atoms with Crippen LogP contribution in [0.1, 0.15) is 46.2 Å². The molecule has 0 saturated carbocycles. The number of allylic oxidation sites excluding steroid dienone is 1.